The van der Waals surface area contributed by atoms with Gasteiger partial charge in [-0.3, -0.25) is 4.90 Å². The van der Waals surface area contributed by atoms with E-state index in [1.165, 1.54) is 11.1 Å². The first-order chi connectivity index (χ1) is 13.0. The summed E-state index contributed by atoms with van der Waals surface area (Å²) in [4.78, 5) is 5.27. The number of hydrogen-bond donors (Lipinski definition) is 0. The fraction of sp³-hybridized carbons (Fsp3) is 0.455. The Labute approximate surface area is 174 Å². The van der Waals surface area contributed by atoms with Gasteiger partial charge in [0.15, 0.2) is 9.84 Å². The first-order valence-electron chi connectivity index (χ1n) is 9.71. The lowest BCUT2D eigenvalue weighted by atomic mass is 9.88. The molecule has 6 heteroatoms. The molecule has 0 N–H and O–H groups in total. The Morgan fingerprint density at radius 3 is 2.36 bits per heavy atom. The van der Waals surface area contributed by atoms with Gasteiger partial charge in [0, 0.05) is 32.2 Å². The van der Waals surface area contributed by atoms with E-state index in [2.05, 4.69) is 48.0 Å². The van der Waals surface area contributed by atoms with Crippen LogP contribution >= 0.6 is 12.4 Å². The molecule has 0 radical (unpaired) electrons. The molecule has 2 saturated heterocycles. The maximum Gasteiger partial charge on any atom is 0.179 e. The van der Waals surface area contributed by atoms with E-state index in [9.17, 15) is 8.42 Å². The van der Waals surface area contributed by atoms with Gasteiger partial charge in [-0.05, 0) is 49.1 Å². The average Bonchev–Trinajstić information content (AvgIpc) is 3.18. The van der Waals surface area contributed by atoms with Crippen molar-refractivity contribution in [2.75, 3.05) is 39.0 Å². The lowest BCUT2D eigenvalue weighted by molar-refractivity contribution is 0.233. The average molecular weight is 421 g/mol. The monoisotopic (exact) mass is 420 g/mol. The van der Waals surface area contributed by atoms with Crippen LogP contribution in [0.1, 0.15) is 17.2 Å². The molecule has 2 fully saturated rings. The molecule has 0 unspecified atom stereocenters. The summed E-state index contributed by atoms with van der Waals surface area (Å²) in [6.45, 7) is 5.88. The number of aryl methyl sites for hydroxylation is 1. The van der Waals surface area contributed by atoms with E-state index in [0.717, 1.165) is 19.6 Å². The van der Waals surface area contributed by atoms with Crippen molar-refractivity contribution in [3.05, 3.63) is 65.7 Å². The van der Waals surface area contributed by atoms with E-state index in [-0.39, 0.29) is 18.2 Å². The zero-order chi connectivity index (χ0) is 19.0. The topological polar surface area (TPSA) is 40.6 Å². The minimum Gasteiger partial charge on any atom is -0.302 e. The summed E-state index contributed by atoms with van der Waals surface area (Å²) in [7, 11) is -0.985. The zero-order valence-corrected chi connectivity index (χ0v) is 18.1. The number of halogens is 1. The molecule has 0 bridgehead atoms. The van der Waals surface area contributed by atoms with Crippen molar-refractivity contribution in [1.82, 2.24) is 9.80 Å². The summed E-state index contributed by atoms with van der Waals surface area (Å²) in [5.41, 5.74) is 2.77. The molecule has 152 valence electrons. The van der Waals surface area contributed by atoms with E-state index in [4.69, 9.17) is 0 Å². The van der Waals surface area contributed by atoms with Gasteiger partial charge in [-0.1, -0.05) is 42.5 Å². The van der Waals surface area contributed by atoms with Gasteiger partial charge in [-0.25, -0.2) is 8.42 Å². The molecule has 0 aliphatic carbocycles. The van der Waals surface area contributed by atoms with Crippen LogP contribution in [0.15, 0.2) is 59.5 Å². The highest BCUT2D eigenvalue weighted by Crippen LogP contribution is 2.44. The number of nitrogens with zero attached hydrogens (tertiary/aromatic N) is 2. The highest BCUT2D eigenvalue weighted by atomic mass is 35.5. The van der Waals surface area contributed by atoms with Crippen LogP contribution in [-0.4, -0.2) is 57.2 Å². The Kier molecular flexibility index (Phi) is 6.50. The standard InChI is InChI=1S/C22H28N2O2S.ClH/c1-17-8-6-7-11-20(17)22-21-16-24(15-18(21)14-23(22)2)12-13-27(25,26)19-9-4-3-5-10-19;/h3-11,18,21-22H,12-16H2,1-2H3;1H/t18-,21+,22+;/m0./s1. The summed E-state index contributed by atoms with van der Waals surface area (Å²) in [6.07, 6.45) is 0. The van der Waals surface area contributed by atoms with E-state index in [1.54, 1.807) is 24.3 Å². The fourth-order valence-electron chi connectivity index (χ4n) is 4.91. The molecule has 2 aromatic carbocycles. The molecule has 2 aromatic rings. The fourth-order valence-corrected chi connectivity index (χ4v) is 6.22. The van der Waals surface area contributed by atoms with Crippen LogP contribution in [0.4, 0.5) is 0 Å². The Bertz CT molecular complexity index is 904. The maximum atomic E-state index is 12.6. The first kappa shape index (κ1) is 21.3. The van der Waals surface area contributed by atoms with Crippen molar-refractivity contribution in [2.45, 2.75) is 17.9 Å². The summed E-state index contributed by atoms with van der Waals surface area (Å²) in [5, 5.41) is 0. The minimum atomic E-state index is -3.21. The van der Waals surface area contributed by atoms with E-state index in [0.29, 0.717) is 29.3 Å². The molecule has 2 aliphatic rings. The van der Waals surface area contributed by atoms with Crippen LogP contribution in [0.2, 0.25) is 0 Å². The molecule has 4 nitrogen and oxygen atoms in total. The molecule has 2 heterocycles. The predicted molar refractivity (Wildman–Crippen MR) is 116 cm³/mol. The van der Waals surface area contributed by atoms with E-state index < -0.39 is 9.84 Å². The predicted octanol–water partition coefficient (Wildman–Crippen LogP) is 3.43. The molecule has 2 aliphatic heterocycles. The van der Waals surface area contributed by atoms with Crippen LogP contribution in [0.5, 0.6) is 0 Å². The third-order valence-electron chi connectivity index (χ3n) is 6.26. The van der Waals surface area contributed by atoms with Gasteiger partial charge in [0.25, 0.3) is 0 Å². The van der Waals surface area contributed by atoms with Gasteiger partial charge in [-0.15, -0.1) is 12.4 Å². The van der Waals surface area contributed by atoms with Crippen LogP contribution < -0.4 is 0 Å². The molecule has 4 rings (SSSR count). The van der Waals surface area contributed by atoms with Crippen LogP contribution in [-0.2, 0) is 9.84 Å². The quantitative estimate of drug-likeness (QED) is 0.743. The number of fused-ring (bicyclic) bond motifs is 1. The van der Waals surface area contributed by atoms with Gasteiger partial charge < -0.3 is 4.90 Å². The SMILES string of the molecule is Cc1ccccc1[C@@H]1[C@@H]2CN(CCS(=O)(=O)c3ccccc3)C[C@@H]2CN1C.Cl. The van der Waals surface area contributed by atoms with Crippen LogP contribution in [0, 0.1) is 18.8 Å². The lowest BCUT2D eigenvalue weighted by Gasteiger charge is -2.28. The molecule has 0 spiro atoms. The molecule has 0 amide bonds. The van der Waals surface area contributed by atoms with Gasteiger partial charge in [-0.2, -0.15) is 0 Å². The van der Waals surface area contributed by atoms with Crippen molar-refractivity contribution in [3.63, 3.8) is 0 Å². The number of benzene rings is 2. The third-order valence-corrected chi connectivity index (χ3v) is 7.97. The van der Waals surface area contributed by atoms with Gasteiger partial charge in [0.1, 0.15) is 0 Å². The van der Waals surface area contributed by atoms with Crippen LogP contribution in [0.25, 0.3) is 0 Å². The normalized spacial score (nSPS) is 25.4. The number of sulfone groups is 1. The summed E-state index contributed by atoms with van der Waals surface area (Å²) < 4.78 is 25.2. The number of rotatable bonds is 5. The summed E-state index contributed by atoms with van der Waals surface area (Å²) in [5.74, 6) is 1.40. The molecular formula is C22H29ClN2O2S. The van der Waals surface area contributed by atoms with Gasteiger partial charge in [0.2, 0.25) is 0 Å². The zero-order valence-electron chi connectivity index (χ0n) is 16.5. The van der Waals surface area contributed by atoms with Crippen molar-refractivity contribution < 1.29 is 8.42 Å². The Morgan fingerprint density at radius 2 is 1.64 bits per heavy atom. The summed E-state index contributed by atoms with van der Waals surface area (Å²) in [6, 6.07) is 17.9. The highest BCUT2D eigenvalue weighted by molar-refractivity contribution is 7.91. The van der Waals surface area contributed by atoms with E-state index in [1.807, 2.05) is 6.07 Å². The smallest absolute Gasteiger partial charge is 0.179 e. The van der Waals surface area contributed by atoms with Crippen LogP contribution in [0.3, 0.4) is 0 Å². The second-order valence-electron chi connectivity index (χ2n) is 8.06. The van der Waals surface area contributed by atoms with E-state index >= 15 is 0 Å². The molecule has 0 aromatic heterocycles. The maximum absolute atomic E-state index is 12.6. The number of likely N-dealkylation sites (tertiary alicyclic amines) is 2. The molecular weight excluding hydrogens is 392 g/mol. The molecule has 3 atom stereocenters. The second kappa shape index (κ2) is 8.54. The van der Waals surface area contributed by atoms with Crippen molar-refractivity contribution >= 4 is 22.2 Å². The third kappa shape index (κ3) is 4.13. The first-order valence-corrected chi connectivity index (χ1v) is 11.4. The van der Waals surface area contributed by atoms with Gasteiger partial charge in [0.05, 0.1) is 10.6 Å². The van der Waals surface area contributed by atoms with Gasteiger partial charge >= 0.3 is 0 Å². The number of hydrogen-bond acceptors (Lipinski definition) is 4. The molecule has 0 saturated carbocycles. The Morgan fingerprint density at radius 1 is 0.964 bits per heavy atom. The van der Waals surface area contributed by atoms with Crippen molar-refractivity contribution in [3.8, 4) is 0 Å². The minimum absolute atomic E-state index is 0. The highest BCUT2D eigenvalue weighted by Gasteiger charge is 2.46. The lowest BCUT2D eigenvalue weighted by Crippen LogP contribution is -2.32. The Hall–Kier alpha value is -1.40. The Balaban J connectivity index is 0.00000225. The van der Waals surface area contributed by atoms with Crippen molar-refractivity contribution in [1.29, 1.82) is 0 Å². The van der Waals surface area contributed by atoms with Crippen molar-refractivity contribution in [2.24, 2.45) is 11.8 Å². The second-order valence-corrected chi connectivity index (χ2v) is 10.2. The largest absolute Gasteiger partial charge is 0.302 e. The summed E-state index contributed by atoms with van der Waals surface area (Å²) >= 11 is 0. The molecule has 28 heavy (non-hydrogen) atoms.